The van der Waals surface area contributed by atoms with Crippen molar-refractivity contribution in [3.8, 4) is 22.8 Å². The van der Waals surface area contributed by atoms with Crippen molar-refractivity contribution in [1.82, 2.24) is 29.3 Å². The monoisotopic (exact) mass is 540 g/mol. The lowest BCUT2D eigenvalue weighted by atomic mass is 9.96. The van der Waals surface area contributed by atoms with Crippen molar-refractivity contribution in [3.05, 3.63) is 77.1 Å². The van der Waals surface area contributed by atoms with E-state index in [2.05, 4.69) is 22.0 Å². The van der Waals surface area contributed by atoms with Crippen molar-refractivity contribution in [1.29, 1.82) is 0 Å². The zero-order chi connectivity index (χ0) is 27.8. The van der Waals surface area contributed by atoms with Gasteiger partial charge in [0.2, 0.25) is 0 Å². The molecule has 0 radical (unpaired) electrons. The molecule has 206 valence electrons. The van der Waals surface area contributed by atoms with Gasteiger partial charge in [-0.15, -0.1) is 0 Å². The maximum absolute atomic E-state index is 13.6. The molecule has 0 saturated carbocycles. The molecule has 2 amide bonds. The Morgan fingerprint density at radius 2 is 1.60 bits per heavy atom. The van der Waals surface area contributed by atoms with Crippen molar-refractivity contribution >= 4 is 17.5 Å². The number of nitrogens with zero attached hydrogens (tertiary/aromatic N) is 6. The summed E-state index contributed by atoms with van der Waals surface area (Å²) in [7, 11) is 5.26. The van der Waals surface area contributed by atoms with Gasteiger partial charge in [0.1, 0.15) is 0 Å². The second kappa shape index (κ2) is 10.6. The third-order valence-electron chi connectivity index (χ3n) is 7.80. The van der Waals surface area contributed by atoms with E-state index in [4.69, 9.17) is 9.47 Å². The highest BCUT2D eigenvalue weighted by atomic mass is 16.5. The first-order chi connectivity index (χ1) is 19.4. The molecule has 0 bridgehead atoms. The summed E-state index contributed by atoms with van der Waals surface area (Å²) in [5, 5.41) is 4.66. The van der Waals surface area contributed by atoms with Gasteiger partial charge in [0, 0.05) is 62.7 Å². The number of likely N-dealkylation sites (N-methyl/N-ethyl adjacent to an activating group) is 1. The fourth-order valence-electron chi connectivity index (χ4n) is 5.43. The molecule has 40 heavy (non-hydrogen) atoms. The third-order valence-corrected chi connectivity index (χ3v) is 7.80. The number of methoxy groups -OCH3 is 2. The van der Waals surface area contributed by atoms with Crippen molar-refractivity contribution in [3.63, 3.8) is 0 Å². The van der Waals surface area contributed by atoms with Crippen LogP contribution in [0.3, 0.4) is 0 Å². The molecule has 1 saturated heterocycles. The molecule has 4 heterocycles. The molecule has 2 aromatic carbocycles. The van der Waals surface area contributed by atoms with Crippen LogP contribution < -0.4 is 9.47 Å². The fraction of sp³-hybridized carbons (Fsp3) is 0.333. The van der Waals surface area contributed by atoms with Crippen LogP contribution in [0.25, 0.3) is 16.9 Å². The van der Waals surface area contributed by atoms with Gasteiger partial charge in [0.05, 0.1) is 19.9 Å². The lowest BCUT2D eigenvalue weighted by molar-refractivity contribution is 0.0664. The van der Waals surface area contributed by atoms with E-state index in [-0.39, 0.29) is 11.8 Å². The second-order valence-corrected chi connectivity index (χ2v) is 10.3. The van der Waals surface area contributed by atoms with E-state index in [1.54, 1.807) is 35.9 Å². The average molecular weight is 541 g/mol. The van der Waals surface area contributed by atoms with E-state index >= 15 is 0 Å². The number of carbonyl (C=O) groups is 2. The van der Waals surface area contributed by atoms with Gasteiger partial charge < -0.3 is 24.2 Å². The molecule has 0 N–H and O–H groups in total. The number of amides is 2. The summed E-state index contributed by atoms with van der Waals surface area (Å²) in [6.45, 7) is 4.22. The molecule has 0 unspecified atom stereocenters. The minimum absolute atomic E-state index is 0.0495. The van der Waals surface area contributed by atoms with Crippen molar-refractivity contribution in [2.75, 3.05) is 54.0 Å². The lowest BCUT2D eigenvalue weighted by Gasteiger charge is -2.33. The van der Waals surface area contributed by atoms with Crippen LogP contribution in [0.1, 0.15) is 32.0 Å². The normalized spacial score (nSPS) is 15.7. The molecular weight excluding hydrogens is 508 g/mol. The Morgan fingerprint density at radius 3 is 2.38 bits per heavy atom. The number of fused-ring (bicyclic) bond motifs is 2. The SMILES string of the molecule is COc1ccc(-c2ccnc3cc(C(=O)N4CCc5ccc(C(=O)N6CCN(C)CC6)cc5C4)nn23)cc1OC. The number of carbonyl (C=O) groups excluding carboxylic acids is 2. The summed E-state index contributed by atoms with van der Waals surface area (Å²) in [5.74, 6) is 1.12. The van der Waals surface area contributed by atoms with Gasteiger partial charge in [-0.25, -0.2) is 9.50 Å². The van der Waals surface area contributed by atoms with Crippen molar-refractivity contribution in [2.45, 2.75) is 13.0 Å². The first-order valence-electron chi connectivity index (χ1n) is 13.4. The molecule has 2 aliphatic heterocycles. The van der Waals surface area contributed by atoms with E-state index in [0.717, 1.165) is 49.4 Å². The van der Waals surface area contributed by atoms with Crippen LogP contribution in [-0.2, 0) is 13.0 Å². The van der Waals surface area contributed by atoms with Crippen LogP contribution in [0.15, 0.2) is 54.7 Å². The molecule has 6 rings (SSSR count). The molecule has 10 heteroatoms. The quantitative estimate of drug-likeness (QED) is 0.384. The highest BCUT2D eigenvalue weighted by Gasteiger charge is 2.27. The third kappa shape index (κ3) is 4.75. The van der Waals surface area contributed by atoms with Crippen molar-refractivity contribution in [2.24, 2.45) is 0 Å². The van der Waals surface area contributed by atoms with Gasteiger partial charge in [0.15, 0.2) is 22.8 Å². The maximum atomic E-state index is 13.6. The van der Waals surface area contributed by atoms with E-state index in [1.165, 1.54) is 5.56 Å². The molecule has 10 nitrogen and oxygen atoms in total. The van der Waals surface area contributed by atoms with Crippen molar-refractivity contribution < 1.29 is 19.1 Å². The van der Waals surface area contributed by atoms with Crippen LogP contribution in [0.2, 0.25) is 0 Å². The lowest BCUT2D eigenvalue weighted by Crippen LogP contribution is -2.47. The van der Waals surface area contributed by atoms with Crippen LogP contribution >= 0.6 is 0 Å². The Balaban J connectivity index is 1.24. The number of ether oxygens (including phenoxy) is 2. The Bertz CT molecular complexity index is 1590. The summed E-state index contributed by atoms with van der Waals surface area (Å²) < 4.78 is 12.5. The van der Waals surface area contributed by atoms with Gasteiger partial charge in [-0.3, -0.25) is 9.59 Å². The number of rotatable bonds is 5. The number of hydrogen-bond donors (Lipinski definition) is 0. The van der Waals surface area contributed by atoms with Crippen LogP contribution in [0.5, 0.6) is 11.5 Å². The summed E-state index contributed by atoms with van der Waals surface area (Å²) in [4.78, 5) is 37.1. The largest absolute Gasteiger partial charge is 0.493 e. The minimum atomic E-state index is -0.162. The molecule has 0 spiro atoms. The Labute approximate surface area is 232 Å². The molecule has 2 aliphatic rings. The molecule has 1 fully saturated rings. The smallest absolute Gasteiger partial charge is 0.274 e. The topological polar surface area (TPSA) is 92.5 Å². The summed E-state index contributed by atoms with van der Waals surface area (Å²) in [6, 6.07) is 15.1. The van der Waals surface area contributed by atoms with Gasteiger partial charge in [0.25, 0.3) is 11.8 Å². The molecule has 0 atom stereocenters. The van der Waals surface area contributed by atoms with Gasteiger partial charge >= 0.3 is 0 Å². The van der Waals surface area contributed by atoms with E-state index in [9.17, 15) is 9.59 Å². The average Bonchev–Trinajstić information content (AvgIpc) is 3.44. The number of benzene rings is 2. The van der Waals surface area contributed by atoms with E-state index in [0.29, 0.717) is 41.5 Å². The predicted octanol–water partition coefficient (Wildman–Crippen LogP) is 3.00. The number of aromatic nitrogens is 3. The maximum Gasteiger partial charge on any atom is 0.274 e. The highest BCUT2D eigenvalue weighted by molar-refractivity contribution is 5.95. The van der Waals surface area contributed by atoms with Gasteiger partial charge in [-0.2, -0.15) is 5.10 Å². The van der Waals surface area contributed by atoms with E-state index < -0.39 is 0 Å². The summed E-state index contributed by atoms with van der Waals surface area (Å²) >= 11 is 0. The predicted molar refractivity (Wildman–Crippen MR) is 150 cm³/mol. The fourth-order valence-corrected chi connectivity index (χ4v) is 5.43. The number of hydrogen-bond acceptors (Lipinski definition) is 7. The highest BCUT2D eigenvalue weighted by Crippen LogP contribution is 2.32. The first kappa shape index (κ1) is 25.8. The summed E-state index contributed by atoms with van der Waals surface area (Å²) in [5.41, 5.74) is 5.40. The van der Waals surface area contributed by atoms with Gasteiger partial charge in [-0.1, -0.05) is 6.07 Å². The van der Waals surface area contributed by atoms with Crippen LogP contribution in [0.4, 0.5) is 0 Å². The molecule has 0 aliphatic carbocycles. The minimum Gasteiger partial charge on any atom is -0.493 e. The van der Waals surface area contributed by atoms with Gasteiger partial charge in [-0.05, 0) is 61.0 Å². The number of piperazine rings is 1. The molecule has 2 aromatic heterocycles. The molecule has 4 aromatic rings. The Morgan fingerprint density at radius 1 is 0.800 bits per heavy atom. The van der Waals surface area contributed by atoms with Crippen LogP contribution in [0, 0.1) is 0 Å². The zero-order valence-corrected chi connectivity index (χ0v) is 23.0. The standard InChI is InChI=1S/C30H32N6O4/c1-33-12-14-34(15-13-33)29(37)22-5-4-20-9-11-35(19-23(20)16-22)30(38)24-18-28-31-10-8-25(36(28)32-24)21-6-7-26(39-2)27(17-21)40-3/h4-8,10,16-18H,9,11-15,19H2,1-3H3. The first-order valence-corrected chi connectivity index (χ1v) is 13.4. The summed E-state index contributed by atoms with van der Waals surface area (Å²) in [6.07, 6.45) is 2.43. The van der Waals surface area contributed by atoms with E-state index in [1.807, 2.05) is 47.4 Å². The Kier molecular flexibility index (Phi) is 6.85. The Hall–Kier alpha value is -4.44. The molecular formula is C30H32N6O4. The van der Waals surface area contributed by atoms with Crippen LogP contribution in [-0.4, -0.2) is 95.1 Å². The second-order valence-electron chi connectivity index (χ2n) is 10.3. The zero-order valence-electron chi connectivity index (χ0n) is 23.0.